The van der Waals surface area contributed by atoms with Crippen LogP contribution in [0.15, 0.2) is 36.4 Å². The Hall–Kier alpha value is -3.03. The first kappa shape index (κ1) is 27.0. The van der Waals surface area contributed by atoms with E-state index >= 15 is 0 Å². The van der Waals surface area contributed by atoms with Gasteiger partial charge in [0.15, 0.2) is 23.6 Å². The average Bonchev–Trinajstić information content (AvgIpc) is 3.51. The summed E-state index contributed by atoms with van der Waals surface area (Å²) in [5, 5.41) is 8.66. The van der Waals surface area contributed by atoms with Gasteiger partial charge in [-0.2, -0.15) is 8.42 Å². The first-order valence-corrected chi connectivity index (χ1v) is 13.3. The van der Waals surface area contributed by atoms with Crippen LogP contribution >= 0.6 is 11.6 Å². The first-order chi connectivity index (χ1) is 17.6. The van der Waals surface area contributed by atoms with E-state index in [1.807, 2.05) is 0 Å². The predicted molar refractivity (Wildman–Crippen MR) is 134 cm³/mol. The van der Waals surface area contributed by atoms with Gasteiger partial charge >= 0.3 is 0 Å². The van der Waals surface area contributed by atoms with Gasteiger partial charge in [0, 0.05) is 22.9 Å². The Morgan fingerprint density at radius 3 is 2.54 bits per heavy atom. The lowest BCUT2D eigenvalue weighted by atomic mass is 9.99. The van der Waals surface area contributed by atoms with E-state index in [0.29, 0.717) is 35.5 Å². The molecule has 1 atom stereocenters. The van der Waals surface area contributed by atoms with Crippen LogP contribution < -0.4 is 9.47 Å². The van der Waals surface area contributed by atoms with Crippen LogP contribution in [0, 0.1) is 6.92 Å². The molecule has 1 aliphatic heterocycles. The van der Waals surface area contributed by atoms with E-state index in [9.17, 15) is 17.8 Å². The number of carbonyl (C=O) groups excluding carboxylic acids is 1. The van der Waals surface area contributed by atoms with Crippen LogP contribution in [-0.2, 0) is 19.6 Å². The number of nitrogens with zero attached hydrogens (tertiary/aromatic N) is 3. The minimum Gasteiger partial charge on any atom is -0.493 e. The van der Waals surface area contributed by atoms with Crippen LogP contribution in [0.25, 0.3) is 5.69 Å². The van der Waals surface area contributed by atoms with Crippen molar-refractivity contribution in [1.29, 1.82) is 0 Å². The molecule has 0 aliphatic carbocycles. The number of ketones is 1. The third-order valence-corrected chi connectivity index (χ3v) is 6.95. The Kier molecular flexibility index (Phi) is 8.14. The molecule has 37 heavy (non-hydrogen) atoms. The highest BCUT2D eigenvalue weighted by Gasteiger charge is 2.32. The van der Waals surface area contributed by atoms with E-state index in [1.165, 1.54) is 20.3 Å². The lowest BCUT2D eigenvalue weighted by molar-refractivity contribution is -0.0504. The molecule has 1 unspecified atom stereocenters. The number of para-hydroxylation sites is 1. The van der Waals surface area contributed by atoms with Gasteiger partial charge in [0.1, 0.15) is 11.6 Å². The van der Waals surface area contributed by atoms with Gasteiger partial charge in [-0.25, -0.2) is 0 Å². The SMILES string of the molecule is COc1cccc(C(=O)c2cc(Cl)ccc2-n2c(C)nnc2C(CC2OCCO2)CS(=O)(=O)O)c1OC. The topological polar surface area (TPSA) is 139 Å². The van der Waals surface area contributed by atoms with E-state index in [1.54, 1.807) is 41.8 Å². The minimum atomic E-state index is -4.41. The normalized spacial score (nSPS) is 15.1. The van der Waals surface area contributed by atoms with Gasteiger partial charge in [0.05, 0.1) is 44.4 Å². The van der Waals surface area contributed by atoms with Gasteiger partial charge in [0.2, 0.25) is 0 Å². The van der Waals surface area contributed by atoms with Crippen LogP contribution in [-0.4, -0.2) is 73.0 Å². The van der Waals surface area contributed by atoms with Crippen LogP contribution in [0.1, 0.15) is 39.9 Å². The molecular formula is C24H26ClN3O8S. The molecule has 198 valence electrons. The Morgan fingerprint density at radius 2 is 1.89 bits per heavy atom. The monoisotopic (exact) mass is 551 g/mol. The molecule has 11 nitrogen and oxygen atoms in total. The molecule has 1 fully saturated rings. The number of halogens is 1. The second-order valence-corrected chi connectivity index (χ2v) is 10.3. The fraction of sp³-hybridized carbons (Fsp3) is 0.375. The zero-order chi connectivity index (χ0) is 26.7. The molecule has 0 bridgehead atoms. The fourth-order valence-electron chi connectivity index (χ4n) is 4.31. The first-order valence-electron chi connectivity index (χ1n) is 11.3. The van der Waals surface area contributed by atoms with Crippen molar-refractivity contribution in [3.8, 4) is 17.2 Å². The second kappa shape index (κ2) is 11.2. The molecule has 0 radical (unpaired) electrons. The number of aromatic nitrogens is 3. The Bertz CT molecular complexity index is 1400. The third-order valence-electron chi connectivity index (χ3n) is 5.89. The van der Waals surface area contributed by atoms with Crippen molar-refractivity contribution in [1.82, 2.24) is 14.8 Å². The van der Waals surface area contributed by atoms with Gasteiger partial charge < -0.3 is 18.9 Å². The predicted octanol–water partition coefficient (Wildman–Crippen LogP) is 3.21. The largest absolute Gasteiger partial charge is 0.493 e. The zero-order valence-corrected chi connectivity index (χ0v) is 22.0. The molecule has 1 saturated heterocycles. The average molecular weight is 552 g/mol. The van der Waals surface area contributed by atoms with E-state index in [-0.39, 0.29) is 29.1 Å². The Balaban J connectivity index is 1.86. The number of ether oxygens (including phenoxy) is 4. The number of rotatable bonds is 10. The van der Waals surface area contributed by atoms with Crippen molar-refractivity contribution in [2.45, 2.75) is 25.6 Å². The summed E-state index contributed by atoms with van der Waals surface area (Å²) in [5.41, 5.74) is 0.799. The molecular weight excluding hydrogens is 526 g/mol. The maximum atomic E-state index is 13.8. The number of hydrogen-bond acceptors (Lipinski definition) is 9. The zero-order valence-electron chi connectivity index (χ0n) is 20.4. The smallest absolute Gasteiger partial charge is 0.265 e. The summed E-state index contributed by atoms with van der Waals surface area (Å²) in [5.74, 6) is -0.690. The van der Waals surface area contributed by atoms with Crippen molar-refractivity contribution < 1.29 is 36.7 Å². The summed E-state index contributed by atoms with van der Waals surface area (Å²) >= 11 is 6.29. The summed E-state index contributed by atoms with van der Waals surface area (Å²) in [6, 6.07) is 9.66. The highest BCUT2D eigenvalue weighted by atomic mass is 35.5. The van der Waals surface area contributed by atoms with E-state index in [4.69, 9.17) is 30.5 Å². The van der Waals surface area contributed by atoms with Crippen LogP contribution in [0.2, 0.25) is 5.02 Å². The molecule has 0 saturated carbocycles. The number of methoxy groups -OCH3 is 2. The standard InChI is InChI=1S/C24H26ClN3O8S/c1-14-26-27-24(15(13-37(30,31)32)11-21-35-9-10-36-21)28(14)19-8-7-16(25)12-18(19)22(29)17-5-4-6-20(33-2)23(17)34-3/h4-8,12,15,21H,9-11,13H2,1-3H3,(H,30,31,32). The van der Waals surface area contributed by atoms with E-state index in [2.05, 4.69) is 10.2 Å². The number of carbonyl (C=O) groups is 1. The van der Waals surface area contributed by atoms with Gasteiger partial charge in [0.25, 0.3) is 10.1 Å². The van der Waals surface area contributed by atoms with Crippen LogP contribution in [0.5, 0.6) is 11.5 Å². The van der Waals surface area contributed by atoms with Gasteiger partial charge in [-0.15, -0.1) is 10.2 Å². The summed E-state index contributed by atoms with van der Waals surface area (Å²) in [6.07, 6.45) is -0.581. The molecule has 1 aliphatic rings. The lowest BCUT2D eigenvalue weighted by Gasteiger charge is -2.21. The molecule has 1 aromatic heterocycles. The molecule has 0 spiro atoms. The number of aryl methyl sites for hydroxylation is 1. The minimum absolute atomic E-state index is 0.0957. The fourth-order valence-corrected chi connectivity index (χ4v) is 5.28. The maximum Gasteiger partial charge on any atom is 0.265 e. The highest BCUT2D eigenvalue weighted by Crippen LogP contribution is 2.35. The molecule has 1 N–H and O–H groups in total. The van der Waals surface area contributed by atoms with Crippen molar-refractivity contribution in [2.75, 3.05) is 33.2 Å². The maximum absolute atomic E-state index is 13.8. The van der Waals surface area contributed by atoms with E-state index < -0.39 is 33.9 Å². The van der Waals surface area contributed by atoms with Gasteiger partial charge in [-0.3, -0.25) is 13.9 Å². The second-order valence-electron chi connectivity index (χ2n) is 8.32. The molecule has 3 aromatic rings. The van der Waals surface area contributed by atoms with Crippen LogP contribution in [0.3, 0.4) is 0 Å². The van der Waals surface area contributed by atoms with E-state index in [0.717, 1.165) is 0 Å². The summed E-state index contributed by atoms with van der Waals surface area (Å²) < 4.78 is 56.8. The molecule has 0 amide bonds. The van der Waals surface area contributed by atoms with Crippen molar-refractivity contribution in [2.24, 2.45) is 0 Å². The summed E-state index contributed by atoms with van der Waals surface area (Å²) in [7, 11) is -1.50. The Morgan fingerprint density at radius 1 is 1.16 bits per heavy atom. The summed E-state index contributed by atoms with van der Waals surface area (Å²) in [4.78, 5) is 13.8. The quantitative estimate of drug-likeness (QED) is 0.295. The summed E-state index contributed by atoms with van der Waals surface area (Å²) in [6.45, 7) is 2.40. The van der Waals surface area contributed by atoms with Gasteiger partial charge in [-0.1, -0.05) is 17.7 Å². The molecule has 13 heteroatoms. The van der Waals surface area contributed by atoms with Crippen molar-refractivity contribution in [3.63, 3.8) is 0 Å². The van der Waals surface area contributed by atoms with Crippen LogP contribution in [0.4, 0.5) is 0 Å². The lowest BCUT2D eigenvalue weighted by Crippen LogP contribution is -2.24. The molecule has 2 aromatic carbocycles. The number of hydrogen-bond donors (Lipinski definition) is 1. The van der Waals surface area contributed by atoms with Crippen molar-refractivity contribution in [3.05, 3.63) is 64.2 Å². The number of benzene rings is 2. The molecule has 4 rings (SSSR count). The molecule has 2 heterocycles. The van der Waals surface area contributed by atoms with Crippen molar-refractivity contribution >= 4 is 27.5 Å². The third kappa shape index (κ3) is 5.94. The van der Waals surface area contributed by atoms with Gasteiger partial charge in [-0.05, 0) is 37.3 Å². The Labute approximate surface area is 219 Å². The highest BCUT2D eigenvalue weighted by molar-refractivity contribution is 7.85.